The second-order valence-corrected chi connectivity index (χ2v) is 5.83. The van der Waals surface area contributed by atoms with Gasteiger partial charge in [0.25, 0.3) is 0 Å². The second kappa shape index (κ2) is 5.57. The van der Waals surface area contributed by atoms with Gasteiger partial charge in [-0.05, 0) is 23.1 Å². The number of aliphatic carboxylic acids is 1. The number of thiophene rings is 1. The molecule has 0 saturated heterocycles. The first kappa shape index (κ1) is 13.6. The molecule has 0 aliphatic carbocycles. The highest BCUT2D eigenvalue weighted by Crippen LogP contribution is 2.32. The van der Waals surface area contributed by atoms with E-state index < -0.39 is 12.0 Å². The summed E-state index contributed by atoms with van der Waals surface area (Å²) in [4.78, 5) is 26.1. The van der Waals surface area contributed by atoms with E-state index in [-0.39, 0.29) is 6.03 Å². The molecule has 6 heteroatoms. The Kier molecular flexibility index (Phi) is 3.62. The van der Waals surface area contributed by atoms with E-state index in [0.29, 0.717) is 18.7 Å². The van der Waals surface area contributed by atoms with E-state index >= 15 is 0 Å². The number of urea groups is 1. The minimum Gasteiger partial charge on any atom is -0.480 e. The van der Waals surface area contributed by atoms with E-state index in [4.69, 9.17) is 0 Å². The zero-order valence-electron chi connectivity index (χ0n) is 11.2. The maximum Gasteiger partial charge on any atom is 0.327 e. The molecule has 1 aromatic carbocycles. The summed E-state index contributed by atoms with van der Waals surface area (Å²) in [6, 6.07) is 9.93. The van der Waals surface area contributed by atoms with Crippen LogP contribution in [0.15, 0.2) is 41.8 Å². The quantitative estimate of drug-likeness (QED) is 0.915. The SMILES string of the molecule is O=C(O)C1Cc2ccccc2N1C(=O)NCc1cccs1. The smallest absolute Gasteiger partial charge is 0.327 e. The summed E-state index contributed by atoms with van der Waals surface area (Å²) in [7, 11) is 0. The fourth-order valence-electron chi connectivity index (χ4n) is 2.50. The molecule has 2 amide bonds. The molecule has 1 unspecified atom stereocenters. The molecule has 1 atom stereocenters. The van der Waals surface area contributed by atoms with Crippen molar-refractivity contribution in [1.29, 1.82) is 0 Å². The van der Waals surface area contributed by atoms with Crippen molar-refractivity contribution < 1.29 is 14.7 Å². The molecule has 21 heavy (non-hydrogen) atoms. The van der Waals surface area contributed by atoms with Gasteiger partial charge in [-0.25, -0.2) is 9.59 Å². The van der Waals surface area contributed by atoms with Crippen molar-refractivity contribution in [2.24, 2.45) is 0 Å². The number of benzene rings is 1. The van der Waals surface area contributed by atoms with Gasteiger partial charge in [0.1, 0.15) is 6.04 Å². The number of rotatable bonds is 3. The molecule has 5 nitrogen and oxygen atoms in total. The van der Waals surface area contributed by atoms with Crippen LogP contribution in [0, 0.1) is 0 Å². The molecule has 0 saturated carbocycles. The first-order chi connectivity index (χ1) is 10.2. The van der Waals surface area contributed by atoms with Crippen LogP contribution < -0.4 is 10.2 Å². The maximum atomic E-state index is 12.4. The summed E-state index contributed by atoms with van der Waals surface area (Å²) in [6.07, 6.45) is 0.345. The van der Waals surface area contributed by atoms with E-state index in [2.05, 4.69) is 5.32 Å². The highest BCUT2D eigenvalue weighted by atomic mass is 32.1. The van der Waals surface area contributed by atoms with E-state index in [1.54, 1.807) is 17.4 Å². The van der Waals surface area contributed by atoms with Crippen LogP contribution in [0.4, 0.5) is 10.5 Å². The van der Waals surface area contributed by atoms with Crippen LogP contribution in [-0.4, -0.2) is 23.1 Å². The lowest BCUT2D eigenvalue weighted by Crippen LogP contribution is -2.47. The monoisotopic (exact) mass is 302 g/mol. The summed E-state index contributed by atoms with van der Waals surface area (Å²) < 4.78 is 0. The molecule has 1 aliphatic rings. The lowest BCUT2D eigenvalue weighted by atomic mass is 10.1. The fourth-order valence-corrected chi connectivity index (χ4v) is 3.14. The van der Waals surface area contributed by atoms with Gasteiger partial charge in [0, 0.05) is 17.0 Å². The van der Waals surface area contributed by atoms with Crippen LogP contribution in [0.25, 0.3) is 0 Å². The third kappa shape index (κ3) is 2.62. The van der Waals surface area contributed by atoms with Crippen molar-refractivity contribution >= 4 is 29.0 Å². The highest BCUT2D eigenvalue weighted by Gasteiger charge is 2.38. The van der Waals surface area contributed by atoms with Crippen LogP contribution in [0.1, 0.15) is 10.4 Å². The first-order valence-electron chi connectivity index (χ1n) is 6.57. The van der Waals surface area contributed by atoms with Crippen molar-refractivity contribution in [2.45, 2.75) is 19.0 Å². The molecule has 0 spiro atoms. The van der Waals surface area contributed by atoms with Gasteiger partial charge in [-0.3, -0.25) is 4.90 Å². The van der Waals surface area contributed by atoms with E-state index in [1.165, 1.54) is 4.90 Å². The Morgan fingerprint density at radius 1 is 1.29 bits per heavy atom. The van der Waals surface area contributed by atoms with Gasteiger partial charge in [-0.2, -0.15) is 0 Å². The molecule has 2 N–H and O–H groups in total. The standard InChI is InChI=1S/C15H14N2O3S/c18-14(19)13-8-10-4-1-2-6-12(10)17(13)15(20)16-9-11-5-3-7-21-11/h1-7,13H,8-9H2,(H,16,20)(H,18,19). The van der Waals surface area contributed by atoms with Crippen molar-refractivity contribution in [2.75, 3.05) is 4.90 Å². The van der Waals surface area contributed by atoms with Crippen LogP contribution >= 0.6 is 11.3 Å². The second-order valence-electron chi connectivity index (χ2n) is 4.79. The summed E-state index contributed by atoms with van der Waals surface area (Å²) in [6.45, 7) is 0.404. The Labute approximate surface area is 125 Å². The van der Waals surface area contributed by atoms with Gasteiger partial charge >= 0.3 is 12.0 Å². The Morgan fingerprint density at radius 3 is 2.81 bits per heavy atom. The average Bonchev–Trinajstić information content (AvgIpc) is 3.11. The Bertz CT molecular complexity index is 669. The number of carboxylic acid groups (broad SMARTS) is 1. The zero-order chi connectivity index (χ0) is 14.8. The van der Waals surface area contributed by atoms with Gasteiger partial charge in [-0.15, -0.1) is 11.3 Å². The number of carbonyl (C=O) groups excluding carboxylic acids is 1. The number of nitrogens with one attached hydrogen (secondary N) is 1. The molecular formula is C15H14N2O3S. The molecule has 0 bridgehead atoms. The molecule has 0 fully saturated rings. The Morgan fingerprint density at radius 2 is 2.10 bits per heavy atom. The van der Waals surface area contributed by atoms with Crippen LogP contribution in [0.2, 0.25) is 0 Å². The van der Waals surface area contributed by atoms with Crippen molar-refractivity contribution in [3.05, 3.63) is 52.2 Å². The van der Waals surface area contributed by atoms with Gasteiger partial charge in [0.2, 0.25) is 0 Å². The minimum atomic E-state index is -0.988. The Balaban J connectivity index is 1.80. The van der Waals surface area contributed by atoms with E-state index in [1.807, 2.05) is 35.7 Å². The zero-order valence-corrected chi connectivity index (χ0v) is 12.0. The highest BCUT2D eigenvalue weighted by molar-refractivity contribution is 7.09. The average molecular weight is 302 g/mol. The molecule has 2 heterocycles. The third-order valence-corrected chi connectivity index (χ3v) is 4.35. The third-order valence-electron chi connectivity index (χ3n) is 3.47. The number of anilines is 1. The van der Waals surface area contributed by atoms with Crippen LogP contribution in [0.3, 0.4) is 0 Å². The molecule has 2 aromatic rings. The normalized spacial score (nSPS) is 16.6. The number of para-hydroxylation sites is 1. The number of nitrogens with zero attached hydrogens (tertiary/aromatic N) is 1. The molecular weight excluding hydrogens is 288 g/mol. The molecule has 108 valence electrons. The first-order valence-corrected chi connectivity index (χ1v) is 7.45. The summed E-state index contributed by atoms with van der Waals surface area (Å²) in [5, 5.41) is 14.1. The summed E-state index contributed by atoms with van der Waals surface area (Å²) in [5.41, 5.74) is 1.56. The minimum absolute atomic E-state index is 0.345. The molecule has 1 aromatic heterocycles. The van der Waals surface area contributed by atoms with Gasteiger partial charge in [0.05, 0.1) is 6.54 Å². The number of carboxylic acids is 1. The van der Waals surface area contributed by atoms with Gasteiger partial charge in [0.15, 0.2) is 0 Å². The topological polar surface area (TPSA) is 69.6 Å². The number of carbonyl (C=O) groups is 2. The number of amides is 2. The Hall–Kier alpha value is -2.34. The summed E-state index contributed by atoms with van der Waals surface area (Å²) >= 11 is 1.55. The fraction of sp³-hybridized carbons (Fsp3) is 0.200. The lowest BCUT2D eigenvalue weighted by Gasteiger charge is -2.22. The summed E-state index contributed by atoms with van der Waals surface area (Å²) in [5.74, 6) is -0.988. The van der Waals surface area contributed by atoms with Crippen LogP contribution in [0.5, 0.6) is 0 Å². The maximum absolute atomic E-state index is 12.4. The molecule has 3 rings (SSSR count). The predicted molar refractivity (Wildman–Crippen MR) is 80.6 cm³/mol. The van der Waals surface area contributed by atoms with Gasteiger partial charge < -0.3 is 10.4 Å². The number of fused-ring (bicyclic) bond motifs is 1. The lowest BCUT2D eigenvalue weighted by molar-refractivity contribution is -0.138. The number of hydrogen-bond acceptors (Lipinski definition) is 3. The van der Waals surface area contributed by atoms with E-state index in [0.717, 1.165) is 10.4 Å². The van der Waals surface area contributed by atoms with E-state index in [9.17, 15) is 14.7 Å². The van der Waals surface area contributed by atoms with Crippen molar-refractivity contribution in [1.82, 2.24) is 5.32 Å². The van der Waals surface area contributed by atoms with Crippen molar-refractivity contribution in [3.63, 3.8) is 0 Å². The molecule has 0 radical (unpaired) electrons. The van der Waals surface area contributed by atoms with Crippen LogP contribution in [-0.2, 0) is 17.8 Å². The predicted octanol–water partition coefficient (Wildman–Crippen LogP) is 2.47. The van der Waals surface area contributed by atoms with Crippen molar-refractivity contribution in [3.8, 4) is 0 Å². The molecule has 1 aliphatic heterocycles. The van der Waals surface area contributed by atoms with Gasteiger partial charge in [-0.1, -0.05) is 24.3 Å². The largest absolute Gasteiger partial charge is 0.480 e. The number of hydrogen-bond donors (Lipinski definition) is 2.